The molecule has 0 saturated heterocycles. The zero-order valence-corrected chi connectivity index (χ0v) is 8.40. The molecule has 0 aliphatic heterocycles. The molecular weight excluding hydrogens is 183 g/mol. The molecule has 2 atom stereocenters. The Labute approximate surface area is 83.3 Å². The molecule has 0 aliphatic carbocycles. The van der Waals surface area contributed by atoms with E-state index in [1.54, 1.807) is 25.1 Å². The van der Waals surface area contributed by atoms with Crippen molar-refractivity contribution in [2.24, 2.45) is 0 Å². The minimum absolute atomic E-state index is 0.188. The fraction of sp³-hybridized carbons (Fsp3) is 0.455. The zero-order chi connectivity index (χ0) is 10.6. The molecule has 1 rings (SSSR count). The van der Waals surface area contributed by atoms with Crippen LogP contribution >= 0.6 is 0 Å². The first kappa shape index (κ1) is 11.0. The molecule has 1 N–H and O–H groups in total. The van der Waals surface area contributed by atoms with Gasteiger partial charge in [0.1, 0.15) is 6.10 Å². The highest BCUT2D eigenvalue weighted by atomic mass is 19.1. The van der Waals surface area contributed by atoms with Crippen LogP contribution in [0.25, 0.3) is 0 Å². The molecule has 78 valence electrons. The first-order chi connectivity index (χ1) is 6.65. The van der Waals surface area contributed by atoms with Gasteiger partial charge in [-0.2, -0.15) is 0 Å². The first-order valence-electron chi connectivity index (χ1n) is 4.74. The van der Waals surface area contributed by atoms with Crippen molar-refractivity contribution in [3.8, 4) is 5.75 Å². The fourth-order valence-corrected chi connectivity index (χ4v) is 1.15. The van der Waals surface area contributed by atoms with Gasteiger partial charge < -0.3 is 9.84 Å². The van der Waals surface area contributed by atoms with Crippen LogP contribution in [0.2, 0.25) is 0 Å². The van der Waals surface area contributed by atoms with Gasteiger partial charge in [-0.05, 0) is 25.5 Å². The van der Waals surface area contributed by atoms with Gasteiger partial charge in [0.15, 0.2) is 11.6 Å². The van der Waals surface area contributed by atoms with Crippen LogP contribution in [0.3, 0.4) is 0 Å². The van der Waals surface area contributed by atoms with E-state index in [4.69, 9.17) is 4.74 Å². The molecule has 14 heavy (non-hydrogen) atoms. The normalized spacial score (nSPS) is 14.9. The summed E-state index contributed by atoms with van der Waals surface area (Å²) >= 11 is 0. The van der Waals surface area contributed by atoms with Gasteiger partial charge >= 0.3 is 0 Å². The van der Waals surface area contributed by atoms with E-state index in [9.17, 15) is 9.50 Å². The minimum Gasteiger partial charge on any atom is -0.485 e. The number of ether oxygens (including phenoxy) is 1. The molecule has 2 nitrogen and oxygen atoms in total. The lowest BCUT2D eigenvalue weighted by atomic mass is 10.2. The molecule has 0 heterocycles. The maximum absolute atomic E-state index is 13.1. The van der Waals surface area contributed by atoms with Crippen LogP contribution < -0.4 is 4.74 Å². The van der Waals surface area contributed by atoms with Gasteiger partial charge in [-0.25, -0.2) is 4.39 Å². The highest BCUT2D eigenvalue weighted by Crippen LogP contribution is 2.18. The van der Waals surface area contributed by atoms with Crippen molar-refractivity contribution in [1.29, 1.82) is 0 Å². The van der Waals surface area contributed by atoms with E-state index < -0.39 is 18.0 Å². The molecule has 0 amide bonds. The Morgan fingerprint density at radius 1 is 1.43 bits per heavy atom. The Morgan fingerprint density at radius 2 is 2.07 bits per heavy atom. The lowest BCUT2D eigenvalue weighted by molar-refractivity contribution is 0.0429. The maximum Gasteiger partial charge on any atom is 0.165 e. The van der Waals surface area contributed by atoms with E-state index in [0.29, 0.717) is 6.42 Å². The quantitative estimate of drug-likeness (QED) is 0.804. The number of para-hydroxylation sites is 1. The summed E-state index contributed by atoms with van der Waals surface area (Å²) in [7, 11) is 0. The van der Waals surface area contributed by atoms with Gasteiger partial charge in [0, 0.05) is 0 Å². The average molecular weight is 198 g/mol. The third-order valence-corrected chi connectivity index (χ3v) is 2.11. The summed E-state index contributed by atoms with van der Waals surface area (Å²) in [6, 6.07) is 6.18. The van der Waals surface area contributed by atoms with Crippen LogP contribution in [0.1, 0.15) is 20.3 Å². The highest BCUT2D eigenvalue weighted by molar-refractivity contribution is 5.23. The summed E-state index contributed by atoms with van der Waals surface area (Å²) in [5.41, 5.74) is 0. The van der Waals surface area contributed by atoms with Gasteiger partial charge in [0.2, 0.25) is 0 Å². The number of aliphatic hydroxyl groups excluding tert-OH is 1. The molecule has 0 spiro atoms. The van der Waals surface area contributed by atoms with Crippen LogP contribution in [-0.4, -0.2) is 17.3 Å². The third kappa shape index (κ3) is 2.70. The molecule has 0 aromatic heterocycles. The van der Waals surface area contributed by atoms with E-state index in [-0.39, 0.29) is 5.75 Å². The van der Waals surface area contributed by atoms with Gasteiger partial charge in [0.05, 0.1) is 6.10 Å². The Morgan fingerprint density at radius 3 is 2.64 bits per heavy atom. The molecule has 0 bridgehead atoms. The second-order valence-electron chi connectivity index (χ2n) is 3.23. The second-order valence-corrected chi connectivity index (χ2v) is 3.23. The van der Waals surface area contributed by atoms with Crippen LogP contribution in [0.15, 0.2) is 24.3 Å². The van der Waals surface area contributed by atoms with Gasteiger partial charge in [-0.15, -0.1) is 0 Å². The Hall–Kier alpha value is -1.09. The summed E-state index contributed by atoms with van der Waals surface area (Å²) in [4.78, 5) is 0. The molecule has 1 aromatic rings. The highest BCUT2D eigenvalue weighted by Gasteiger charge is 2.14. The van der Waals surface area contributed by atoms with Crippen LogP contribution in [0.4, 0.5) is 4.39 Å². The number of aliphatic hydroxyl groups is 1. The van der Waals surface area contributed by atoms with Crippen molar-refractivity contribution in [3.63, 3.8) is 0 Å². The maximum atomic E-state index is 13.1. The third-order valence-electron chi connectivity index (χ3n) is 2.11. The minimum atomic E-state index is -0.561. The van der Waals surface area contributed by atoms with Gasteiger partial charge in [-0.3, -0.25) is 0 Å². The molecule has 1 aromatic carbocycles. The fourth-order valence-electron chi connectivity index (χ4n) is 1.15. The predicted molar refractivity (Wildman–Crippen MR) is 52.8 cm³/mol. The smallest absolute Gasteiger partial charge is 0.165 e. The van der Waals surface area contributed by atoms with Crippen molar-refractivity contribution in [2.45, 2.75) is 32.5 Å². The average Bonchev–Trinajstić information content (AvgIpc) is 2.20. The molecule has 0 aliphatic rings. The van der Waals surface area contributed by atoms with E-state index in [1.807, 2.05) is 6.92 Å². The number of benzene rings is 1. The van der Waals surface area contributed by atoms with Crippen molar-refractivity contribution < 1.29 is 14.2 Å². The molecular formula is C11H15FO2. The number of rotatable bonds is 4. The van der Waals surface area contributed by atoms with E-state index in [2.05, 4.69) is 0 Å². The van der Waals surface area contributed by atoms with Gasteiger partial charge in [0.25, 0.3) is 0 Å². The summed E-state index contributed by atoms with van der Waals surface area (Å²) in [5, 5.41) is 9.43. The summed E-state index contributed by atoms with van der Waals surface area (Å²) in [6.45, 7) is 3.58. The summed E-state index contributed by atoms with van der Waals surface area (Å²) in [6.07, 6.45) is -0.359. The molecule has 0 radical (unpaired) electrons. The molecule has 3 heteroatoms. The SMILES string of the molecule is CCC(O)C(C)Oc1ccccc1F. The standard InChI is InChI=1S/C11H15FO2/c1-3-10(13)8(2)14-11-7-5-4-6-9(11)12/h4-8,10,13H,3H2,1-2H3. The predicted octanol–water partition coefficient (Wildman–Crippen LogP) is 2.36. The summed E-state index contributed by atoms with van der Waals surface area (Å²) in [5.74, 6) is -0.213. The monoisotopic (exact) mass is 198 g/mol. The van der Waals surface area contributed by atoms with E-state index in [1.165, 1.54) is 6.07 Å². The lowest BCUT2D eigenvalue weighted by Gasteiger charge is -2.19. The number of hydrogen-bond acceptors (Lipinski definition) is 2. The molecule has 0 fully saturated rings. The topological polar surface area (TPSA) is 29.5 Å². The zero-order valence-electron chi connectivity index (χ0n) is 8.40. The summed E-state index contributed by atoms with van der Waals surface area (Å²) < 4.78 is 18.4. The Kier molecular flexibility index (Phi) is 3.89. The van der Waals surface area contributed by atoms with Crippen molar-refractivity contribution in [3.05, 3.63) is 30.1 Å². The first-order valence-corrected chi connectivity index (χ1v) is 4.74. The number of halogens is 1. The van der Waals surface area contributed by atoms with Crippen molar-refractivity contribution in [2.75, 3.05) is 0 Å². The largest absolute Gasteiger partial charge is 0.485 e. The lowest BCUT2D eigenvalue weighted by Crippen LogP contribution is -2.28. The van der Waals surface area contributed by atoms with Crippen LogP contribution in [-0.2, 0) is 0 Å². The Bertz CT molecular complexity index is 288. The van der Waals surface area contributed by atoms with Crippen LogP contribution in [0.5, 0.6) is 5.75 Å². The van der Waals surface area contributed by atoms with Crippen LogP contribution in [0, 0.1) is 5.82 Å². The van der Waals surface area contributed by atoms with Crippen molar-refractivity contribution >= 4 is 0 Å². The Balaban J connectivity index is 2.64. The molecule has 0 saturated carbocycles. The van der Waals surface area contributed by atoms with E-state index in [0.717, 1.165) is 0 Å². The van der Waals surface area contributed by atoms with Crippen molar-refractivity contribution in [1.82, 2.24) is 0 Å². The molecule has 2 unspecified atom stereocenters. The second kappa shape index (κ2) is 4.96. The number of hydrogen-bond donors (Lipinski definition) is 1. The van der Waals surface area contributed by atoms with Gasteiger partial charge in [-0.1, -0.05) is 19.1 Å². The van der Waals surface area contributed by atoms with E-state index >= 15 is 0 Å².